The maximum absolute atomic E-state index is 13.0. The van der Waals surface area contributed by atoms with Gasteiger partial charge >= 0.3 is 0 Å². The van der Waals surface area contributed by atoms with Gasteiger partial charge in [-0.25, -0.2) is 4.68 Å². The number of carbonyl (C=O) groups is 1. The number of methoxy groups -OCH3 is 1. The monoisotopic (exact) mass is 362 g/mol. The van der Waals surface area contributed by atoms with Gasteiger partial charge in [0.05, 0.1) is 19.0 Å². The van der Waals surface area contributed by atoms with Crippen molar-refractivity contribution in [1.82, 2.24) is 14.7 Å². The van der Waals surface area contributed by atoms with Gasteiger partial charge in [0.25, 0.3) is 5.91 Å². The Bertz CT molecular complexity index is 915. The van der Waals surface area contributed by atoms with Gasteiger partial charge in [0.15, 0.2) is 0 Å². The SMILES string of the molecule is COc1cccc(N2CCN(C(=O)c3ccnn3-c3ccccc3)CC2)c1. The molecule has 1 aromatic heterocycles. The lowest BCUT2D eigenvalue weighted by Gasteiger charge is -2.36. The molecule has 0 N–H and O–H groups in total. The van der Waals surface area contributed by atoms with Crippen LogP contribution >= 0.6 is 0 Å². The van der Waals surface area contributed by atoms with Gasteiger partial charge in [-0.2, -0.15) is 5.10 Å². The number of aromatic nitrogens is 2. The first kappa shape index (κ1) is 17.1. The summed E-state index contributed by atoms with van der Waals surface area (Å²) in [5.74, 6) is 0.861. The number of amides is 1. The van der Waals surface area contributed by atoms with Gasteiger partial charge in [-0.15, -0.1) is 0 Å². The summed E-state index contributed by atoms with van der Waals surface area (Å²) >= 11 is 0. The summed E-state index contributed by atoms with van der Waals surface area (Å²) < 4.78 is 7.01. The third-order valence-electron chi connectivity index (χ3n) is 4.85. The molecule has 1 aliphatic rings. The van der Waals surface area contributed by atoms with Gasteiger partial charge in [-0.05, 0) is 30.3 Å². The predicted molar refractivity (Wildman–Crippen MR) is 105 cm³/mol. The molecule has 0 radical (unpaired) electrons. The number of anilines is 1. The summed E-state index contributed by atoms with van der Waals surface area (Å²) in [6.07, 6.45) is 1.67. The van der Waals surface area contributed by atoms with Crippen LogP contribution in [0, 0.1) is 0 Å². The Labute approximate surface area is 158 Å². The van der Waals surface area contributed by atoms with Crippen LogP contribution in [0.2, 0.25) is 0 Å². The minimum Gasteiger partial charge on any atom is -0.497 e. The van der Waals surface area contributed by atoms with Gasteiger partial charge in [-0.1, -0.05) is 24.3 Å². The number of rotatable bonds is 4. The number of piperazine rings is 1. The second kappa shape index (κ2) is 7.53. The first-order valence-electron chi connectivity index (χ1n) is 9.04. The Balaban J connectivity index is 1.46. The fraction of sp³-hybridized carbons (Fsp3) is 0.238. The lowest BCUT2D eigenvalue weighted by atomic mass is 10.2. The fourth-order valence-electron chi connectivity index (χ4n) is 3.38. The highest BCUT2D eigenvalue weighted by Crippen LogP contribution is 2.22. The number of nitrogens with zero attached hydrogens (tertiary/aromatic N) is 4. The van der Waals surface area contributed by atoms with Crippen LogP contribution in [0.1, 0.15) is 10.5 Å². The topological polar surface area (TPSA) is 50.6 Å². The highest BCUT2D eigenvalue weighted by Gasteiger charge is 2.25. The molecule has 0 aliphatic carbocycles. The predicted octanol–water partition coefficient (Wildman–Crippen LogP) is 2.84. The van der Waals surface area contributed by atoms with Gasteiger partial charge in [0.2, 0.25) is 0 Å². The van der Waals surface area contributed by atoms with E-state index in [1.165, 1.54) is 0 Å². The summed E-state index contributed by atoms with van der Waals surface area (Å²) in [5.41, 5.74) is 2.60. The average Bonchev–Trinajstić information content (AvgIpc) is 3.24. The van der Waals surface area contributed by atoms with Gasteiger partial charge in [0.1, 0.15) is 11.4 Å². The zero-order chi connectivity index (χ0) is 18.6. The van der Waals surface area contributed by atoms with E-state index >= 15 is 0 Å². The molecule has 2 aromatic carbocycles. The second-order valence-corrected chi connectivity index (χ2v) is 6.44. The maximum Gasteiger partial charge on any atom is 0.272 e. The first-order valence-corrected chi connectivity index (χ1v) is 9.04. The summed E-state index contributed by atoms with van der Waals surface area (Å²) in [7, 11) is 1.67. The van der Waals surface area contributed by atoms with E-state index in [0.717, 1.165) is 30.2 Å². The van der Waals surface area contributed by atoms with Crippen molar-refractivity contribution in [3.8, 4) is 11.4 Å². The van der Waals surface area contributed by atoms with E-state index < -0.39 is 0 Å². The van der Waals surface area contributed by atoms with Crippen LogP contribution in [0.3, 0.4) is 0 Å². The van der Waals surface area contributed by atoms with E-state index in [1.807, 2.05) is 53.4 Å². The number of hydrogen-bond donors (Lipinski definition) is 0. The highest BCUT2D eigenvalue weighted by molar-refractivity contribution is 5.93. The number of para-hydroxylation sites is 1. The van der Waals surface area contributed by atoms with E-state index in [9.17, 15) is 4.79 Å². The third-order valence-corrected chi connectivity index (χ3v) is 4.85. The summed E-state index contributed by atoms with van der Waals surface area (Å²) in [5, 5.41) is 4.33. The summed E-state index contributed by atoms with van der Waals surface area (Å²) in [6.45, 7) is 2.93. The molecule has 0 saturated carbocycles. The minimum absolute atomic E-state index is 0.0154. The molecule has 27 heavy (non-hydrogen) atoms. The van der Waals surface area contributed by atoms with Crippen molar-refractivity contribution < 1.29 is 9.53 Å². The largest absolute Gasteiger partial charge is 0.497 e. The molecule has 1 aliphatic heterocycles. The molecule has 1 fully saturated rings. The summed E-state index contributed by atoms with van der Waals surface area (Å²) in [6, 6.07) is 19.5. The Morgan fingerprint density at radius 3 is 2.41 bits per heavy atom. The standard InChI is InChI=1S/C21H22N4O2/c1-27-19-9-5-8-18(16-19)23-12-14-24(15-13-23)21(26)20-10-11-22-25(20)17-6-3-2-4-7-17/h2-11,16H,12-15H2,1H3. The van der Waals surface area contributed by atoms with Crippen molar-refractivity contribution in [3.05, 3.63) is 72.6 Å². The molecule has 6 nitrogen and oxygen atoms in total. The molecule has 0 bridgehead atoms. The second-order valence-electron chi connectivity index (χ2n) is 6.44. The molecule has 4 rings (SSSR count). The van der Waals surface area contributed by atoms with Crippen molar-refractivity contribution in [3.63, 3.8) is 0 Å². The van der Waals surface area contributed by atoms with Crippen LogP contribution < -0.4 is 9.64 Å². The molecule has 138 valence electrons. The van der Waals surface area contributed by atoms with Crippen LogP contribution in [0.5, 0.6) is 5.75 Å². The van der Waals surface area contributed by atoms with Crippen LogP contribution in [0.4, 0.5) is 5.69 Å². The van der Waals surface area contributed by atoms with E-state index in [0.29, 0.717) is 18.8 Å². The minimum atomic E-state index is 0.0154. The molecular weight excluding hydrogens is 340 g/mol. The van der Waals surface area contributed by atoms with Crippen LogP contribution in [-0.2, 0) is 0 Å². The molecule has 3 aromatic rings. The number of carbonyl (C=O) groups excluding carboxylic acids is 1. The van der Waals surface area contributed by atoms with Gasteiger partial charge < -0.3 is 14.5 Å². The van der Waals surface area contributed by atoms with Crippen LogP contribution in [-0.4, -0.2) is 53.9 Å². The Hall–Kier alpha value is -3.28. The Kier molecular flexibility index (Phi) is 4.78. The van der Waals surface area contributed by atoms with E-state index in [1.54, 1.807) is 24.1 Å². The van der Waals surface area contributed by atoms with Crippen molar-refractivity contribution in [2.45, 2.75) is 0 Å². The van der Waals surface area contributed by atoms with Crippen LogP contribution in [0.15, 0.2) is 66.9 Å². The third kappa shape index (κ3) is 3.51. The van der Waals surface area contributed by atoms with Gasteiger partial charge in [0, 0.05) is 37.9 Å². The first-order chi connectivity index (χ1) is 13.3. The molecule has 0 unspecified atom stereocenters. The van der Waals surface area contributed by atoms with E-state index in [-0.39, 0.29) is 5.91 Å². The number of ether oxygens (including phenoxy) is 1. The lowest BCUT2D eigenvalue weighted by molar-refractivity contribution is 0.0737. The zero-order valence-electron chi connectivity index (χ0n) is 15.3. The smallest absolute Gasteiger partial charge is 0.272 e. The fourth-order valence-corrected chi connectivity index (χ4v) is 3.38. The van der Waals surface area contributed by atoms with Crippen molar-refractivity contribution >= 4 is 11.6 Å². The van der Waals surface area contributed by atoms with Crippen molar-refractivity contribution in [2.24, 2.45) is 0 Å². The van der Waals surface area contributed by atoms with E-state index in [2.05, 4.69) is 16.1 Å². The lowest BCUT2D eigenvalue weighted by Crippen LogP contribution is -2.49. The number of benzene rings is 2. The summed E-state index contributed by atoms with van der Waals surface area (Å²) in [4.78, 5) is 17.2. The highest BCUT2D eigenvalue weighted by atomic mass is 16.5. The van der Waals surface area contributed by atoms with Gasteiger partial charge in [-0.3, -0.25) is 4.79 Å². The molecule has 0 spiro atoms. The Morgan fingerprint density at radius 1 is 0.926 bits per heavy atom. The zero-order valence-corrected chi connectivity index (χ0v) is 15.3. The molecule has 1 amide bonds. The normalized spacial score (nSPS) is 14.3. The van der Waals surface area contributed by atoms with E-state index in [4.69, 9.17) is 4.74 Å². The van der Waals surface area contributed by atoms with Crippen molar-refractivity contribution in [2.75, 3.05) is 38.2 Å². The molecule has 1 saturated heterocycles. The molecular formula is C21H22N4O2. The quantitative estimate of drug-likeness (QED) is 0.716. The Morgan fingerprint density at radius 2 is 1.67 bits per heavy atom. The molecule has 2 heterocycles. The molecule has 0 atom stereocenters. The van der Waals surface area contributed by atoms with Crippen LogP contribution in [0.25, 0.3) is 5.69 Å². The maximum atomic E-state index is 13.0. The average molecular weight is 362 g/mol. The molecule has 6 heteroatoms. The number of hydrogen-bond acceptors (Lipinski definition) is 4. The van der Waals surface area contributed by atoms with Crippen molar-refractivity contribution in [1.29, 1.82) is 0 Å².